The highest BCUT2D eigenvalue weighted by Crippen LogP contribution is 2.31. The maximum Gasteiger partial charge on any atom is 0.242 e. The van der Waals surface area contributed by atoms with Crippen molar-refractivity contribution in [2.24, 2.45) is 11.7 Å². The number of hydrogen-bond donors (Lipinski definition) is 1. The van der Waals surface area contributed by atoms with E-state index in [0.717, 1.165) is 19.3 Å². The second-order valence-electron chi connectivity index (χ2n) is 4.99. The molecule has 1 aliphatic carbocycles. The minimum Gasteiger partial charge on any atom is -0.338 e. The summed E-state index contributed by atoms with van der Waals surface area (Å²) in [5.74, 6) is 0.659. The monoisotopic (exact) mass is 224 g/mol. The van der Waals surface area contributed by atoms with E-state index in [4.69, 9.17) is 5.73 Å². The van der Waals surface area contributed by atoms with E-state index < -0.39 is 5.54 Å². The second-order valence-corrected chi connectivity index (χ2v) is 4.99. The normalized spacial score (nSPS) is 29.8. The highest BCUT2D eigenvalue weighted by atomic mass is 16.2. The molecule has 2 unspecified atom stereocenters. The van der Waals surface area contributed by atoms with Gasteiger partial charge < -0.3 is 10.6 Å². The molecule has 0 spiro atoms. The molecule has 2 atom stereocenters. The Balaban J connectivity index is 2.72. The number of carbonyl (C=O) groups is 1. The molecule has 1 saturated carbocycles. The van der Waals surface area contributed by atoms with Crippen molar-refractivity contribution in [3.8, 4) is 0 Å². The topological polar surface area (TPSA) is 46.3 Å². The van der Waals surface area contributed by atoms with E-state index in [1.807, 2.05) is 6.92 Å². The number of carbonyl (C=O) groups excluding carboxylic acids is 1. The van der Waals surface area contributed by atoms with Crippen molar-refractivity contribution in [1.82, 2.24) is 4.90 Å². The van der Waals surface area contributed by atoms with Gasteiger partial charge in [-0.3, -0.25) is 4.79 Å². The lowest BCUT2D eigenvalue weighted by atomic mass is 9.76. The summed E-state index contributed by atoms with van der Waals surface area (Å²) in [6, 6.07) is 0. The number of amides is 1. The van der Waals surface area contributed by atoms with Gasteiger partial charge in [-0.05, 0) is 25.7 Å². The van der Waals surface area contributed by atoms with E-state index in [1.165, 1.54) is 6.42 Å². The summed E-state index contributed by atoms with van der Waals surface area (Å²) in [6.07, 6.45) is 5.66. The largest absolute Gasteiger partial charge is 0.338 e. The van der Waals surface area contributed by atoms with Crippen molar-refractivity contribution in [1.29, 1.82) is 0 Å². The molecule has 3 heteroatoms. The van der Waals surface area contributed by atoms with Gasteiger partial charge in [0.15, 0.2) is 0 Å². The molecule has 92 valence electrons. The number of likely N-dealkylation sites (N-methyl/N-ethyl adjacent to an activating group) is 1. The van der Waals surface area contributed by atoms with Crippen molar-refractivity contribution in [3.63, 3.8) is 0 Å². The van der Waals surface area contributed by atoms with Crippen LogP contribution in [0.5, 0.6) is 0 Å². The van der Waals surface area contributed by atoms with Gasteiger partial charge in [0.05, 0.1) is 5.54 Å². The fourth-order valence-electron chi connectivity index (χ4n) is 2.61. The van der Waals surface area contributed by atoms with Gasteiger partial charge >= 0.3 is 0 Å². The van der Waals surface area contributed by atoms with Crippen molar-refractivity contribution in [2.75, 3.05) is 13.1 Å². The Bertz CT molecular complexity index is 265. The predicted molar refractivity (Wildman–Crippen MR) is 67.0 cm³/mol. The van der Waals surface area contributed by atoms with Crippen molar-refractivity contribution in [3.05, 3.63) is 12.7 Å². The van der Waals surface area contributed by atoms with Crippen LogP contribution in [0.1, 0.15) is 39.5 Å². The average molecular weight is 224 g/mol. The second kappa shape index (κ2) is 5.48. The Morgan fingerprint density at radius 2 is 2.38 bits per heavy atom. The van der Waals surface area contributed by atoms with E-state index >= 15 is 0 Å². The maximum atomic E-state index is 12.3. The number of hydrogen-bond acceptors (Lipinski definition) is 2. The molecule has 0 aromatic rings. The molecule has 0 aromatic carbocycles. The predicted octanol–water partition coefficient (Wildman–Crippen LogP) is 1.93. The summed E-state index contributed by atoms with van der Waals surface area (Å²) in [5.41, 5.74) is 5.65. The zero-order chi connectivity index (χ0) is 12.2. The van der Waals surface area contributed by atoms with Crippen molar-refractivity contribution >= 4 is 5.91 Å². The Morgan fingerprint density at radius 3 is 2.88 bits per heavy atom. The minimum absolute atomic E-state index is 0.0986. The molecule has 0 heterocycles. The van der Waals surface area contributed by atoms with Crippen LogP contribution >= 0.6 is 0 Å². The Kier molecular flexibility index (Phi) is 4.54. The molecule has 2 N–H and O–H groups in total. The molecule has 1 rings (SSSR count). The molecular formula is C13H24N2O. The van der Waals surface area contributed by atoms with Crippen LogP contribution in [-0.4, -0.2) is 29.4 Å². The Morgan fingerprint density at radius 1 is 1.69 bits per heavy atom. The van der Waals surface area contributed by atoms with Crippen LogP contribution in [0.3, 0.4) is 0 Å². The molecule has 16 heavy (non-hydrogen) atoms. The number of nitrogens with two attached hydrogens (primary N) is 1. The molecule has 1 fully saturated rings. The summed E-state index contributed by atoms with van der Waals surface area (Å²) >= 11 is 0. The maximum absolute atomic E-state index is 12.3. The lowest BCUT2D eigenvalue weighted by Gasteiger charge is -2.38. The van der Waals surface area contributed by atoms with E-state index in [9.17, 15) is 4.79 Å². The first kappa shape index (κ1) is 13.2. The lowest BCUT2D eigenvalue weighted by molar-refractivity contribution is -0.138. The standard InChI is InChI=1S/C13H24N2O/c1-4-9-15(5-2)12(16)13(14)8-6-7-11(3)10-13/h4,11H,1,5-10,14H2,2-3H3. The summed E-state index contributed by atoms with van der Waals surface area (Å²) in [5, 5.41) is 0. The SMILES string of the molecule is C=CCN(CC)C(=O)C1(N)CCCC(C)C1. The van der Waals surface area contributed by atoms with Crippen LogP contribution in [0.4, 0.5) is 0 Å². The van der Waals surface area contributed by atoms with Gasteiger partial charge in [0.1, 0.15) is 0 Å². The molecule has 0 aromatic heterocycles. The van der Waals surface area contributed by atoms with E-state index in [0.29, 0.717) is 19.0 Å². The zero-order valence-electron chi connectivity index (χ0n) is 10.5. The van der Waals surface area contributed by atoms with Gasteiger partial charge in [-0.2, -0.15) is 0 Å². The molecule has 1 amide bonds. The van der Waals surface area contributed by atoms with Gasteiger partial charge in [-0.25, -0.2) is 0 Å². The summed E-state index contributed by atoms with van der Waals surface area (Å²) in [7, 11) is 0. The highest BCUT2D eigenvalue weighted by molar-refractivity contribution is 5.86. The molecule has 0 bridgehead atoms. The van der Waals surface area contributed by atoms with Gasteiger partial charge in [-0.15, -0.1) is 6.58 Å². The van der Waals surface area contributed by atoms with E-state index in [1.54, 1.807) is 11.0 Å². The van der Waals surface area contributed by atoms with Gasteiger partial charge in [0, 0.05) is 13.1 Å². The Hall–Kier alpha value is -0.830. The highest BCUT2D eigenvalue weighted by Gasteiger charge is 2.39. The van der Waals surface area contributed by atoms with Crippen LogP contribution in [-0.2, 0) is 4.79 Å². The fourth-order valence-corrected chi connectivity index (χ4v) is 2.61. The third-order valence-corrected chi connectivity index (χ3v) is 3.48. The van der Waals surface area contributed by atoms with Gasteiger partial charge in [0.25, 0.3) is 0 Å². The van der Waals surface area contributed by atoms with Gasteiger partial charge in [-0.1, -0.05) is 25.8 Å². The summed E-state index contributed by atoms with van der Waals surface area (Å²) < 4.78 is 0. The number of rotatable bonds is 4. The summed E-state index contributed by atoms with van der Waals surface area (Å²) in [6.45, 7) is 9.15. The first-order valence-corrected chi connectivity index (χ1v) is 6.22. The van der Waals surface area contributed by atoms with Crippen LogP contribution in [0, 0.1) is 5.92 Å². The van der Waals surface area contributed by atoms with Gasteiger partial charge in [0.2, 0.25) is 5.91 Å². The average Bonchev–Trinajstić information content (AvgIpc) is 2.24. The van der Waals surface area contributed by atoms with Crippen molar-refractivity contribution in [2.45, 2.75) is 45.1 Å². The first-order valence-electron chi connectivity index (χ1n) is 6.22. The molecule has 0 aliphatic heterocycles. The van der Waals surface area contributed by atoms with Crippen LogP contribution in [0.2, 0.25) is 0 Å². The quantitative estimate of drug-likeness (QED) is 0.742. The van der Waals surface area contributed by atoms with Crippen LogP contribution in [0.25, 0.3) is 0 Å². The molecule has 3 nitrogen and oxygen atoms in total. The first-order chi connectivity index (χ1) is 7.53. The smallest absolute Gasteiger partial charge is 0.242 e. The summed E-state index contributed by atoms with van der Waals surface area (Å²) in [4.78, 5) is 14.1. The fraction of sp³-hybridized carbons (Fsp3) is 0.769. The molecule has 1 aliphatic rings. The molecular weight excluding hydrogens is 200 g/mol. The van der Waals surface area contributed by atoms with Crippen LogP contribution in [0.15, 0.2) is 12.7 Å². The molecule has 0 saturated heterocycles. The lowest BCUT2D eigenvalue weighted by Crippen LogP contribution is -2.57. The Labute approximate surface area is 98.7 Å². The molecule has 0 radical (unpaired) electrons. The number of nitrogens with zero attached hydrogens (tertiary/aromatic N) is 1. The zero-order valence-corrected chi connectivity index (χ0v) is 10.5. The van der Waals surface area contributed by atoms with Crippen molar-refractivity contribution < 1.29 is 4.79 Å². The minimum atomic E-state index is -0.628. The van der Waals surface area contributed by atoms with E-state index in [-0.39, 0.29) is 5.91 Å². The van der Waals surface area contributed by atoms with Crippen LogP contribution < -0.4 is 5.73 Å². The third-order valence-electron chi connectivity index (χ3n) is 3.48. The third kappa shape index (κ3) is 2.85. The van der Waals surface area contributed by atoms with E-state index in [2.05, 4.69) is 13.5 Å².